The van der Waals surface area contributed by atoms with E-state index < -0.39 is 0 Å². The van der Waals surface area contributed by atoms with E-state index in [0.717, 1.165) is 18.9 Å². The second-order valence-corrected chi connectivity index (χ2v) is 4.38. The Balaban J connectivity index is 2.37. The van der Waals surface area contributed by atoms with Crippen LogP contribution in [0.2, 0.25) is 0 Å². The van der Waals surface area contributed by atoms with Gasteiger partial charge in [0.25, 0.3) is 0 Å². The van der Waals surface area contributed by atoms with Gasteiger partial charge in [0.1, 0.15) is 5.75 Å². The lowest BCUT2D eigenvalue weighted by atomic mass is 10.1. The summed E-state index contributed by atoms with van der Waals surface area (Å²) in [6.07, 6.45) is 2.46. The molecule has 2 nitrogen and oxygen atoms in total. The molecule has 1 aromatic rings. The summed E-state index contributed by atoms with van der Waals surface area (Å²) in [5.41, 5.74) is 1.29. The van der Waals surface area contributed by atoms with Gasteiger partial charge in [-0.15, -0.1) is 0 Å². The molecule has 1 aromatic carbocycles. The molecule has 1 unspecified atom stereocenters. The summed E-state index contributed by atoms with van der Waals surface area (Å²) in [5.74, 6) is 1.62. The standard InChI is InChI=1S/C14H23NO/c1-4-5-12(2)11-16-14-8-6-13(7-9-14)10-15-3/h6-9,12,15H,4-5,10-11H2,1-3H3. The molecule has 0 amide bonds. The summed E-state index contributed by atoms with van der Waals surface area (Å²) < 4.78 is 5.73. The third-order valence-electron chi connectivity index (χ3n) is 2.62. The van der Waals surface area contributed by atoms with Crippen molar-refractivity contribution in [1.82, 2.24) is 5.32 Å². The minimum absolute atomic E-state index is 0.641. The minimum Gasteiger partial charge on any atom is -0.493 e. The van der Waals surface area contributed by atoms with E-state index in [9.17, 15) is 0 Å². The highest BCUT2D eigenvalue weighted by atomic mass is 16.5. The first-order valence-corrected chi connectivity index (χ1v) is 6.12. The Kier molecular flexibility index (Phi) is 5.94. The molecule has 0 fully saturated rings. The van der Waals surface area contributed by atoms with Crippen LogP contribution in [0.3, 0.4) is 0 Å². The highest BCUT2D eigenvalue weighted by Crippen LogP contribution is 2.14. The van der Waals surface area contributed by atoms with Crippen LogP contribution in [0.25, 0.3) is 0 Å². The van der Waals surface area contributed by atoms with Gasteiger partial charge >= 0.3 is 0 Å². The van der Waals surface area contributed by atoms with Crippen LogP contribution in [0.1, 0.15) is 32.3 Å². The summed E-state index contributed by atoms with van der Waals surface area (Å²) >= 11 is 0. The van der Waals surface area contributed by atoms with Crippen LogP contribution in [-0.2, 0) is 6.54 Å². The molecule has 16 heavy (non-hydrogen) atoms. The highest BCUT2D eigenvalue weighted by molar-refractivity contribution is 5.27. The van der Waals surface area contributed by atoms with Gasteiger partial charge in [-0.3, -0.25) is 0 Å². The van der Waals surface area contributed by atoms with Gasteiger partial charge in [0.15, 0.2) is 0 Å². The summed E-state index contributed by atoms with van der Waals surface area (Å²) in [5, 5.41) is 3.13. The molecule has 0 aliphatic carbocycles. The van der Waals surface area contributed by atoms with Crippen LogP contribution < -0.4 is 10.1 Å². The highest BCUT2D eigenvalue weighted by Gasteiger charge is 2.01. The lowest BCUT2D eigenvalue weighted by Gasteiger charge is -2.12. The van der Waals surface area contributed by atoms with Gasteiger partial charge in [0, 0.05) is 6.54 Å². The van der Waals surface area contributed by atoms with Crippen molar-refractivity contribution in [3.63, 3.8) is 0 Å². The SMILES string of the molecule is CCCC(C)COc1ccc(CNC)cc1. The Morgan fingerprint density at radius 1 is 1.25 bits per heavy atom. The monoisotopic (exact) mass is 221 g/mol. The number of ether oxygens (including phenoxy) is 1. The van der Waals surface area contributed by atoms with E-state index >= 15 is 0 Å². The van der Waals surface area contributed by atoms with E-state index in [1.165, 1.54) is 18.4 Å². The average molecular weight is 221 g/mol. The molecule has 0 saturated heterocycles. The molecular weight excluding hydrogens is 198 g/mol. The van der Waals surface area contributed by atoms with Crippen molar-refractivity contribution in [2.24, 2.45) is 5.92 Å². The second-order valence-electron chi connectivity index (χ2n) is 4.38. The molecule has 0 aliphatic heterocycles. The molecule has 1 N–H and O–H groups in total. The first-order valence-electron chi connectivity index (χ1n) is 6.12. The summed E-state index contributed by atoms with van der Waals surface area (Å²) in [7, 11) is 1.96. The van der Waals surface area contributed by atoms with Gasteiger partial charge in [0.2, 0.25) is 0 Å². The lowest BCUT2D eigenvalue weighted by Crippen LogP contribution is -2.08. The number of hydrogen-bond acceptors (Lipinski definition) is 2. The van der Waals surface area contributed by atoms with Gasteiger partial charge < -0.3 is 10.1 Å². The van der Waals surface area contributed by atoms with Gasteiger partial charge in [-0.05, 0) is 37.1 Å². The quantitative estimate of drug-likeness (QED) is 0.763. The zero-order valence-electron chi connectivity index (χ0n) is 10.6. The molecule has 0 spiro atoms. The number of hydrogen-bond donors (Lipinski definition) is 1. The van der Waals surface area contributed by atoms with Gasteiger partial charge in [-0.1, -0.05) is 32.4 Å². The fourth-order valence-electron chi connectivity index (χ4n) is 1.72. The van der Waals surface area contributed by atoms with Crippen molar-refractivity contribution in [2.45, 2.75) is 33.2 Å². The zero-order valence-corrected chi connectivity index (χ0v) is 10.6. The van der Waals surface area contributed by atoms with Gasteiger partial charge in [-0.2, -0.15) is 0 Å². The van der Waals surface area contributed by atoms with Crippen LogP contribution in [-0.4, -0.2) is 13.7 Å². The maximum atomic E-state index is 5.73. The van der Waals surface area contributed by atoms with E-state index in [2.05, 4.69) is 31.3 Å². The average Bonchev–Trinajstić information content (AvgIpc) is 2.29. The fraction of sp³-hybridized carbons (Fsp3) is 0.571. The van der Waals surface area contributed by atoms with Crippen molar-refractivity contribution in [3.8, 4) is 5.75 Å². The maximum Gasteiger partial charge on any atom is 0.119 e. The number of nitrogens with one attached hydrogen (secondary N) is 1. The first-order chi connectivity index (χ1) is 7.76. The van der Waals surface area contributed by atoms with E-state index in [4.69, 9.17) is 4.74 Å². The van der Waals surface area contributed by atoms with E-state index in [1.54, 1.807) is 0 Å². The van der Waals surface area contributed by atoms with E-state index in [1.807, 2.05) is 19.2 Å². The largest absolute Gasteiger partial charge is 0.493 e. The van der Waals surface area contributed by atoms with Crippen molar-refractivity contribution >= 4 is 0 Å². The molecular formula is C14H23NO. The molecule has 0 bridgehead atoms. The first kappa shape index (κ1) is 13.0. The lowest BCUT2D eigenvalue weighted by molar-refractivity contribution is 0.251. The molecule has 0 heterocycles. The Hall–Kier alpha value is -1.02. The fourth-order valence-corrected chi connectivity index (χ4v) is 1.72. The normalized spacial score (nSPS) is 12.4. The topological polar surface area (TPSA) is 21.3 Å². The Labute approximate surface area is 99.0 Å². The van der Waals surface area contributed by atoms with Gasteiger partial charge in [-0.25, -0.2) is 0 Å². The second kappa shape index (κ2) is 7.29. The Bertz CT molecular complexity index is 281. The maximum absolute atomic E-state index is 5.73. The molecule has 90 valence electrons. The third-order valence-corrected chi connectivity index (χ3v) is 2.62. The molecule has 1 atom stereocenters. The van der Waals surface area contributed by atoms with Crippen molar-refractivity contribution < 1.29 is 4.74 Å². The van der Waals surface area contributed by atoms with E-state index in [-0.39, 0.29) is 0 Å². The predicted molar refractivity (Wildman–Crippen MR) is 68.8 cm³/mol. The zero-order chi connectivity index (χ0) is 11.8. The van der Waals surface area contributed by atoms with Crippen LogP contribution in [0.4, 0.5) is 0 Å². The van der Waals surface area contributed by atoms with Crippen molar-refractivity contribution in [2.75, 3.05) is 13.7 Å². The Morgan fingerprint density at radius 2 is 1.94 bits per heavy atom. The summed E-state index contributed by atoms with van der Waals surface area (Å²) in [4.78, 5) is 0. The smallest absolute Gasteiger partial charge is 0.119 e. The molecule has 1 rings (SSSR count). The third kappa shape index (κ3) is 4.67. The van der Waals surface area contributed by atoms with Gasteiger partial charge in [0.05, 0.1) is 6.61 Å². The van der Waals surface area contributed by atoms with Crippen LogP contribution >= 0.6 is 0 Å². The molecule has 0 saturated carbocycles. The van der Waals surface area contributed by atoms with Crippen LogP contribution in [0, 0.1) is 5.92 Å². The molecule has 0 aliphatic rings. The molecule has 0 radical (unpaired) electrons. The number of rotatable bonds is 7. The predicted octanol–water partition coefficient (Wildman–Crippen LogP) is 3.22. The Morgan fingerprint density at radius 3 is 2.50 bits per heavy atom. The number of benzene rings is 1. The minimum atomic E-state index is 0.641. The van der Waals surface area contributed by atoms with Crippen molar-refractivity contribution in [1.29, 1.82) is 0 Å². The van der Waals surface area contributed by atoms with Crippen LogP contribution in [0.15, 0.2) is 24.3 Å². The van der Waals surface area contributed by atoms with E-state index in [0.29, 0.717) is 5.92 Å². The molecule has 0 aromatic heterocycles. The van der Waals surface area contributed by atoms with Crippen molar-refractivity contribution in [3.05, 3.63) is 29.8 Å². The van der Waals surface area contributed by atoms with Crippen LogP contribution in [0.5, 0.6) is 5.75 Å². The molecule has 2 heteroatoms. The summed E-state index contributed by atoms with van der Waals surface area (Å²) in [6.45, 7) is 6.17. The summed E-state index contributed by atoms with van der Waals surface area (Å²) in [6, 6.07) is 8.31.